The van der Waals surface area contributed by atoms with Gasteiger partial charge in [0.05, 0.1) is 0 Å². The van der Waals surface area contributed by atoms with Gasteiger partial charge in [-0.25, -0.2) is 12.8 Å². The third-order valence-electron chi connectivity index (χ3n) is 2.42. The van der Waals surface area contributed by atoms with Crippen molar-refractivity contribution in [2.45, 2.75) is 18.6 Å². The highest BCUT2D eigenvalue weighted by Gasteiger charge is 2.26. The smallest absolute Gasteiger partial charge is 0.156 e. The van der Waals surface area contributed by atoms with Crippen LogP contribution in [0.3, 0.4) is 0 Å². The highest BCUT2D eigenvalue weighted by atomic mass is 32.2. The van der Waals surface area contributed by atoms with E-state index in [1.807, 2.05) is 0 Å². The van der Waals surface area contributed by atoms with Crippen LogP contribution in [0.4, 0.5) is 4.39 Å². The molecule has 0 aliphatic carbocycles. The molecule has 0 amide bonds. The highest BCUT2D eigenvalue weighted by Crippen LogP contribution is 2.15. The van der Waals surface area contributed by atoms with Crippen LogP contribution < -0.4 is 0 Å². The largest absolute Gasteiger partial charge is 0.411 e. The summed E-state index contributed by atoms with van der Waals surface area (Å²) in [5.74, 6) is -0.507. The average Bonchev–Trinajstić information content (AvgIpc) is 2.23. The summed E-state index contributed by atoms with van der Waals surface area (Å²) in [4.78, 5) is 0. The second-order valence-corrected chi connectivity index (χ2v) is 5.95. The fraction of sp³-hybridized carbons (Fsp3) is 0.364. The van der Waals surface area contributed by atoms with E-state index >= 15 is 0 Å². The van der Waals surface area contributed by atoms with Crippen LogP contribution >= 0.6 is 0 Å². The van der Waals surface area contributed by atoms with E-state index in [0.717, 1.165) is 12.3 Å². The van der Waals surface area contributed by atoms with E-state index in [2.05, 4.69) is 5.16 Å². The van der Waals surface area contributed by atoms with Gasteiger partial charge in [0.2, 0.25) is 0 Å². The first kappa shape index (κ1) is 13.6. The molecule has 0 heterocycles. The molecule has 0 radical (unpaired) electrons. The summed E-state index contributed by atoms with van der Waals surface area (Å²) in [6.07, 6.45) is 1.32. The van der Waals surface area contributed by atoms with Gasteiger partial charge >= 0.3 is 0 Å². The number of hydrogen-bond donors (Lipinski definition) is 1. The molecule has 1 aromatic carbocycles. The summed E-state index contributed by atoms with van der Waals surface area (Å²) in [6, 6.07) is 5.32. The Morgan fingerprint density at radius 1 is 1.53 bits per heavy atom. The Morgan fingerprint density at radius 2 is 2.18 bits per heavy atom. The number of hydrogen-bond acceptors (Lipinski definition) is 4. The quantitative estimate of drug-likeness (QED) is 0.509. The molecule has 0 saturated heterocycles. The molecule has 0 aromatic heterocycles. The summed E-state index contributed by atoms with van der Waals surface area (Å²) in [5, 5.41) is 11.0. The Balaban J connectivity index is 3.25. The summed E-state index contributed by atoms with van der Waals surface area (Å²) in [7, 11) is -3.40. The van der Waals surface area contributed by atoms with E-state index < -0.39 is 20.9 Å². The van der Waals surface area contributed by atoms with Crippen LogP contribution in [0.5, 0.6) is 0 Å². The Morgan fingerprint density at radius 3 is 2.59 bits per heavy atom. The van der Waals surface area contributed by atoms with Crippen molar-refractivity contribution in [1.82, 2.24) is 0 Å². The molecule has 0 unspecified atom stereocenters. The first-order valence-corrected chi connectivity index (χ1v) is 7.02. The zero-order chi connectivity index (χ0) is 13.1. The second kappa shape index (κ2) is 5.27. The van der Waals surface area contributed by atoms with Crippen molar-refractivity contribution in [1.29, 1.82) is 0 Å². The van der Waals surface area contributed by atoms with Crippen molar-refractivity contribution in [2.24, 2.45) is 5.16 Å². The van der Waals surface area contributed by atoms with Gasteiger partial charge < -0.3 is 5.21 Å². The molecule has 6 heteroatoms. The molecule has 4 nitrogen and oxygen atoms in total. The van der Waals surface area contributed by atoms with E-state index in [9.17, 15) is 12.8 Å². The molecular weight excluding hydrogens is 245 g/mol. The standard InChI is InChI=1S/C11H14FNO3S/c1-3-10(17(2,15)16)11(13-14)8-5-4-6-9(12)7-8/h4-7,10,14H,3H2,1-2H3/b13-11-/t10-/m0/s1. The molecule has 17 heavy (non-hydrogen) atoms. The summed E-state index contributed by atoms with van der Waals surface area (Å²) in [5.41, 5.74) is 0.235. The number of sulfone groups is 1. The molecule has 1 aromatic rings. The van der Waals surface area contributed by atoms with Crippen molar-refractivity contribution in [3.8, 4) is 0 Å². The predicted molar refractivity (Wildman–Crippen MR) is 63.6 cm³/mol. The van der Waals surface area contributed by atoms with Crippen LogP contribution in [0.15, 0.2) is 29.4 Å². The zero-order valence-corrected chi connectivity index (χ0v) is 10.4. The third kappa shape index (κ3) is 3.26. The number of halogens is 1. The van der Waals surface area contributed by atoms with Crippen molar-refractivity contribution >= 4 is 15.5 Å². The Hall–Kier alpha value is -1.43. The fourth-order valence-electron chi connectivity index (χ4n) is 1.65. The average molecular weight is 259 g/mol. The van der Waals surface area contributed by atoms with Crippen LogP contribution in [0, 0.1) is 5.82 Å². The van der Waals surface area contributed by atoms with Gasteiger partial charge in [-0.2, -0.15) is 0 Å². The molecule has 0 aliphatic rings. The number of benzene rings is 1. The lowest BCUT2D eigenvalue weighted by atomic mass is 10.1. The van der Waals surface area contributed by atoms with Crippen LogP contribution in [0.25, 0.3) is 0 Å². The maximum atomic E-state index is 13.0. The van der Waals surface area contributed by atoms with E-state index in [1.54, 1.807) is 6.92 Å². The first-order valence-electron chi connectivity index (χ1n) is 5.07. The summed E-state index contributed by atoms with van der Waals surface area (Å²) < 4.78 is 36.1. The summed E-state index contributed by atoms with van der Waals surface area (Å²) in [6.45, 7) is 1.66. The second-order valence-electron chi connectivity index (χ2n) is 3.72. The van der Waals surface area contributed by atoms with Crippen LogP contribution in [-0.4, -0.2) is 30.8 Å². The van der Waals surface area contributed by atoms with Crippen LogP contribution in [0.1, 0.15) is 18.9 Å². The normalized spacial score (nSPS) is 14.6. The van der Waals surface area contributed by atoms with Gasteiger partial charge in [-0.3, -0.25) is 0 Å². The lowest BCUT2D eigenvalue weighted by molar-refractivity contribution is 0.318. The Kier molecular flexibility index (Phi) is 4.22. The van der Waals surface area contributed by atoms with Gasteiger partial charge in [-0.05, 0) is 18.6 Å². The van der Waals surface area contributed by atoms with Crippen molar-refractivity contribution in [3.63, 3.8) is 0 Å². The van der Waals surface area contributed by atoms with Crippen LogP contribution in [-0.2, 0) is 9.84 Å². The monoisotopic (exact) mass is 259 g/mol. The molecule has 1 N–H and O–H groups in total. The van der Waals surface area contributed by atoms with Crippen molar-refractivity contribution in [3.05, 3.63) is 35.6 Å². The minimum Gasteiger partial charge on any atom is -0.411 e. The van der Waals surface area contributed by atoms with Crippen molar-refractivity contribution in [2.75, 3.05) is 6.26 Å². The summed E-state index contributed by atoms with van der Waals surface area (Å²) >= 11 is 0. The fourth-order valence-corrected chi connectivity index (χ4v) is 2.85. The van der Waals surface area contributed by atoms with Gasteiger partial charge in [0.15, 0.2) is 9.84 Å². The van der Waals surface area contributed by atoms with Crippen LogP contribution in [0.2, 0.25) is 0 Å². The molecular formula is C11H14FNO3S. The van der Waals surface area contributed by atoms with Gasteiger partial charge in [0.25, 0.3) is 0 Å². The van der Waals surface area contributed by atoms with E-state index in [4.69, 9.17) is 5.21 Å². The SMILES string of the molecule is CC[C@@H](/C(=N\O)c1cccc(F)c1)S(C)(=O)=O. The number of nitrogens with zero attached hydrogens (tertiary/aromatic N) is 1. The maximum Gasteiger partial charge on any atom is 0.156 e. The lowest BCUT2D eigenvalue weighted by Gasteiger charge is -2.14. The highest BCUT2D eigenvalue weighted by molar-refractivity contribution is 7.92. The van der Waals surface area contributed by atoms with Crippen molar-refractivity contribution < 1.29 is 18.0 Å². The van der Waals surface area contributed by atoms with E-state index in [1.165, 1.54) is 18.2 Å². The zero-order valence-electron chi connectivity index (χ0n) is 9.59. The predicted octanol–water partition coefficient (Wildman–Crippen LogP) is 1.83. The maximum absolute atomic E-state index is 13.0. The third-order valence-corrected chi connectivity index (χ3v) is 4.01. The lowest BCUT2D eigenvalue weighted by Crippen LogP contribution is -2.29. The minimum atomic E-state index is -3.40. The molecule has 1 atom stereocenters. The van der Waals surface area contributed by atoms with Gasteiger partial charge in [-0.1, -0.05) is 24.2 Å². The molecule has 0 saturated carbocycles. The number of oxime groups is 1. The minimum absolute atomic E-state index is 0.0329. The topological polar surface area (TPSA) is 66.7 Å². The first-order chi connectivity index (χ1) is 7.90. The Labute approximate surface area is 99.7 Å². The van der Waals surface area contributed by atoms with Gasteiger partial charge in [0.1, 0.15) is 16.8 Å². The Bertz CT molecular complexity index is 525. The molecule has 0 spiro atoms. The van der Waals surface area contributed by atoms with Gasteiger partial charge in [-0.15, -0.1) is 0 Å². The number of rotatable bonds is 4. The van der Waals surface area contributed by atoms with Gasteiger partial charge in [0, 0.05) is 11.8 Å². The molecule has 0 fully saturated rings. The van der Waals surface area contributed by atoms with E-state index in [-0.39, 0.29) is 17.7 Å². The van der Waals surface area contributed by atoms with E-state index in [0.29, 0.717) is 0 Å². The molecule has 0 aliphatic heterocycles. The molecule has 0 bridgehead atoms. The molecule has 1 rings (SSSR count). The molecule has 94 valence electrons.